The van der Waals surface area contributed by atoms with Crippen molar-refractivity contribution in [1.29, 1.82) is 0 Å². The maximum Gasteiger partial charge on any atom is 0.173 e. The standard InChI is InChI=1S/C14H22ClN3O2/c1-4-10(2)18(8-9-20-3)12-7-5-6-11(15)13(12)14(16)17-19/h5-7,10,19H,4,8-9H2,1-3H3,(H2,16,17). The lowest BCUT2D eigenvalue weighted by Gasteiger charge is -2.32. The van der Waals surface area contributed by atoms with Gasteiger partial charge in [-0.2, -0.15) is 0 Å². The molecule has 0 amide bonds. The van der Waals surface area contributed by atoms with Gasteiger partial charge < -0.3 is 20.6 Å². The molecule has 1 atom stereocenters. The molecule has 0 aliphatic carbocycles. The fraction of sp³-hybridized carbons (Fsp3) is 0.500. The van der Waals surface area contributed by atoms with Crippen LogP contribution in [0.4, 0.5) is 5.69 Å². The van der Waals surface area contributed by atoms with Gasteiger partial charge in [-0.15, -0.1) is 0 Å². The third-order valence-electron chi connectivity index (χ3n) is 3.32. The second kappa shape index (κ2) is 7.97. The van der Waals surface area contributed by atoms with Gasteiger partial charge in [-0.3, -0.25) is 0 Å². The number of anilines is 1. The summed E-state index contributed by atoms with van der Waals surface area (Å²) < 4.78 is 5.16. The molecule has 6 heteroatoms. The van der Waals surface area contributed by atoms with Crippen LogP contribution >= 0.6 is 11.6 Å². The Labute approximate surface area is 125 Å². The Bertz CT molecular complexity index is 466. The average Bonchev–Trinajstić information content (AvgIpc) is 2.46. The van der Waals surface area contributed by atoms with Crippen molar-refractivity contribution >= 4 is 23.1 Å². The molecule has 0 radical (unpaired) electrons. The summed E-state index contributed by atoms with van der Waals surface area (Å²) in [5.74, 6) is 0.0105. The van der Waals surface area contributed by atoms with E-state index in [4.69, 9.17) is 27.3 Å². The minimum absolute atomic E-state index is 0.0105. The molecule has 112 valence electrons. The molecular formula is C14H22ClN3O2. The molecule has 0 fully saturated rings. The second-order valence-corrected chi connectivity index (χ2v) is 4.97. The quantitative estimate of drug-likeness (QED) is 0.351. The van der Waals surface area contributed by atoms with Gasteiger partial charge in [0.05, 0.1) is 17.2 Å². The molecule has 1 rings (SSSR count). The van der Waals surface area contributed by atoms with Crippen molar-refractivity contribution in [2.45, 2.75) is 26.3 Å². The molecular weight excluding hydrogens is 278 g/mol. The maximum atomic E-state index is 8.95. The summed E-state index contributed by atoms with van der Waals surface area (Å²) in [6.45, 7) is 5.52. The van der Waals surface area contributed by atoms with Crippen LogP contribution < -0.4 is 10.6 Å². The van der Waals surface area contributed by atoms with Crippen LogP contribution in [-0.4, -0.2) is 37.3 Å². The molecule has 1 aromatic rings. The van der Waals surface area contributed by atoms with Gasteiger partial charge >= 0.3 is 0 Å². The topological polar surface area (TPSA) is 71.1 Å². The van der Waals surface area contributed by atoms with Crippen molar-refractivity contribution in [1.82, 2.24) is 0 Å². The zero-order valence-electron chi connectivity index (χ0n) is 12.1. The number of oxime groups is 1. The number of hydrogen-bond acceptors (Lipinski definition) is 4. The number of halogens is 1. The summed E-state index contributed by atoms with van der Waals surface area (Å²) in [4.78, 5) is 2.16. The van der Waals surface area contributed by atoms with Crippen molar-refractivity contribution < 1.29 is 9.94 Å². The highest BCUT2D eigenvalue weighted by atomic mass is 35.5. The SMILES string of the molecule is CCC(C)N(CCOC)c1cccc(Cl)c1C(N)=NO. The number of methoxy groups -OCH3 is 1. The lowest BCUT2D eigenvalue weighted by molar-refractivity contribution is 0.203. The Hall–Kier alpha value is -1.46. The molecule has 1 unspecified atom stereocenters. The smallest absolute Gasteiger partial charge is 0.173 e. The van der Waals surface area contributed by atoms with Crippen LogP contribution in [0.5, 0.6) is 0 Å². The van der Waals surface area contributed by atoms with E-state index in [1.54, 1.807) is 13.2 Å². The number of amidine groups is 1. The van der Waals surface area contributed by atoms with Crippen molar-refractivity contribution in [3.63, 3.8) is 0 Å². The van der Waals surface area contributed by atoms with Gasteiger partial charge in [-0.25, -0.2) is 0 Å². The monoisotopic (exact) mass is 299 g/mol. The van der Waals surface area contributed by atoms with Gasteiger partial charge in [0.1, 0.15) is 0 Å². The molecule has 0 heterocycles. The fourth-order valence-corrected chi connectivity index (χ4v) is 2.31. The van der Waals surface area contributed by atoms with Crippen LogP contribution in [0.3, 0.4) is 0 Å². The Morgan fingerprint density at radius 1 is 1.55 bits per heavy atom. The number of nitrogens with zero attached hydrogens (tertiary/aromatic N) is 2. The van der Waals surface area contributed by atoms with Crippen molar-refractivity contribution in [3.05, 3.63) is 28.8 Å². The number of ether oxygens (including phenoxy) is 1. The van der Waals surface area contributed by atoms with Gasteiger partial charge in [0.25, 0.3) is 0 Å². The third kappa shape index (κ3) is 3.77. The molecule has 3 N–H and O–H groups in total. The summed E-state index contributed by atoms with van der Waals surface area (Å²) in [6.07, 6.45) is 0.964. The van der Waals surface area contributed by atoms with Crippen LogP contribution in [0.15, 0.2) is 23.4 Å². The normalized spacial score (nSPS) is 13.3. The molecule has 0 aromatic heterocycles. The largest absolute Gasteiger partial charge is 0.409 e. The van der Waals surface area contributed by atoms with E-state index in [1.807, 2.05) is 12.1 Å². The molecule has 0 bridgehead atoms. The maximum absolute atomic E-state index is 8.95. The Kier molecular flexibility index (Phi) is 6.61. The van der Waals surface area contributed by atoms with E-state index in [0.29, 0.717) is 23.7 Å². The molecule has 0 saturated heterocycles. The molecule has 0 saturated carbocycles. The zero-order valence-corrected chi connectivity index (χ0v) is 12.9. The van der Waals surface area contributed by atoms with Crippen LogP contribution in [0.1, 0.15) is 25.8 Å². The first kappa shape index (κ1) is 16.6. The summed E-state index contributed by atoms with van der Waals surface area (Å²) >= 11 is 6.20. The van der Waals surface area contributed by atoms with Gasteiger partial charge in [0.15, 0.2) is 5.84 Å². The van der Waals surface area contributed by atoms with Crippen LogP contribution in [0.25, 0.3) is 0 Å². The number of nitrogens with two attached hydrogens (primary N) is 1. The van der Waals surface area contributed by atoms with Crippen LogP contribution in [-0.2, 0) is 4.74 Å². The lowest BCUT2D eigenvalue weighted by Crippen LogP contribution is -2.37. The predicted octanol–water partition coefficient (Wildman–Crippen LogP) is 2.69. The Morgan fingerprint density at radius 2 is 2.25 bits per heavy atom. The highest BCUT2D eigenvalue weighted by Crippen LogP contribution is 2.29. The zero-order chi connectivity index (χ0) is 15.1. The van der Waals surface area contributed by atoms with Crippen molar-refractivity contribution in [3.8, 4) is 0 Å². The third-order valence-corrected chi connectivity index (χ3v) is 3.64. The highest BCUT2D eigenvalue weighted by molar-refractivity contribution is 6.34. The predicted molar refractivity (Wildman–Crippen MR) is 82.9 cm³/mol. The second-order valence-electron chi connectivity index (χ2n) is 4.56. The van der Waals surface area contributed by atoms with E-state index in [-0.39, 0.29) is 11.9 Å². The Balaban J connectivity index is 3.28. The van der Waals surface area contributed by atoms with Crippen LogP contribution in [0, 0.1) is 0 Å². The van der Waals surface area contributed by atoms with E-state index < -0.39 is 0 Å². The number of hydrogen-bond donors (Lipinski definition) is 2. The minimum Gasteiger partial charge on any atom is -0.409 e. The summed E-state index contributed by atoms with van der Waals surface area (Å²) in [5, 5.41) is 12.5. The molecule has 0 spiro atoms. The average molecular weight is 300 g/mol. The molecule has 1 aromatic carbocycles. The van der Waals surface area contributed by atoms with Crippen LogP contribution in [0.2, 0.25) is 5.02 Å². The number of benzene rings is 1. The van der Waals surface area contributed by atoms with Gasteiger partial charge in [0, 0.05) is 25.4 Å². The lowest BCUT2D eigenvalue weighted by atomic mass is 10.1. The molecule has 0 aliphatic rings. The summed E-state index contributed by atoms with van der Waals surface area (Å²) in [7, 11) is 1.66. The van der Waals surface area contributed by atoms with E-state index in [0.717, 1.165) is 12.1 Å². The van der Waals surface area contributed by atoms with E-state index in [1.165, 1.54) is 0 Å². The first-order valence-electron chi connectivity index (χ1n) is 6.58. The molecule has 20 heavy (non-hydrogen) atoms. The first-order valence-corrected chi connectivity index (χ1v) is 6.96. The fourth-order valence-electron chi connectivity index (χ4n) is 2.04. The van der Waals surface area contributed by atoms with E-state index >= 15 is 0 Å². The van der Waals surface area contributed by atoms with Crippen molar-refractivity contribution in [2.75, 3.05) is 25.2 Å². The Morgan fingerprint density at radius 3 is 2.80 bits per heavy atom. The highest BCUT2D eigenvalue weighted by Gasteiger charge is 2.20. The van der Waals surface area contributed by atoms with Gasteiger partial charge in [-0.05, 0) is 25.5 Å². The first-order chi connectivity index (χ1) is 9.56. The van der Waals surface area contributed by atoms with Gasteiger partial charge in [0.2, 0.25) is 0 Å². The molecule has 5 nitrogen and oxygen atoms in total. The van der Waals surface area contributed by atoms with Gasteiger partial charge in [-0.1, -0.05) is 29.7 Å². The number of rotatable bonds is 7. The molecule has 0 aliphatic heterocycles. The summed E-state index contributed by atoms with van der Waals surface area (Å²) in [6, 6.07) is 5.78. The van der Waals surface area contributed by atoms with E-state index in [2.05, 4.69) is 23.9 Å². The van der Waals surface area contributed by atoms with Crippen molar-refractivity contribution in [2.24, 2.45) is 10.9 Å². The minimum atomic E-state index is 0.0105. The van der Waals surface area contributed by atoms with E-state index in [9.17, 15) is 0 Å². The summed E-state index contributed by atoms with van der Waals surface area (Å²) in [5.41, 5.74) is 7.16.